The molecule has 25 heavy (non-hydrogen) atoms. The summed E-state index contributed by atoms with van der Waals surface area (Å²) in [5.74, 6) is 1.68. The van der Waals surface area contributed by atoms with Crippen molar-refractivity contribution in [2.24, 2.45) is 5.73 Å². The maximum atomic E-state index is 12.5. The minimum absolute atomic E-state index is 0. The second-order valence-electron chi connectivity index (χ2n) is 5.39. The first-order valence-electron chi connectivity index (χ1n) is 7.80. The molecule has 1 aliphatic rings. The van der Waals surface area contributed by atoms with Gasteiger partial charge in [0, 0.05) is 36.2 Å². The highest BCUT2D eigenvalue weighted by molar-refractivity contribution is 7.13. The van der Waals surface area contributed by atoms with Crippen molar-refractivity contribution >= 4 is 29.6 Å². The number of ether oxygens (including phenoxy) is 2. The third-order valence-electron chi connectivity index (χ3n) is 3.77. The molecule has 1 fully saturated rings. The summed E-state index contributed by atoms with van der Waals surface area (Å²) in [7, 11) is 0. The number of anilines is 1. The highest BCUT2D eigenvalue weighted by Gasteiger charge is 2.14. The van der Waals surface area contributed by atoms with Gasteiger partial charge in [-0.25, -0.2) is 9.37 Å². The Morgan fingerprint density at radius 2 is 2.04 bits per heavy atom. The lowest BCUT2D eigenvalue weighted by Crippen LogP contribution is -2.36. The topological polar surface area (TPSA) is 60.6 Å². The van der Waals surface area contributed by atoms with Gasteiger partial charge >= 0.3 is 0 Å². The minimum atomic E-state index is 0. The molecule has 0 bridgehead atoms. The van der Waals surface area contributed by atoms with Crippen molar-refractivity contribution in [2.45, 2.75) is 0 Å². The van der Waals surface area contributed by atoms with Gasteiger partial charge in [-0.2, -0.15) is 0 Å². The Balaban J connectivity index is 0.00000225. The SMILES string of the molecule is Cl.NC/C(=C\F)COc1ccc(-c2nc(N3CCOCC3)cs2)cc1. The molecule has 3 rings (SSSR count). The summed E-state index contributed by atoms with van der Waals surface area (Å²) in [5.41, 5.74) is 6.86. The van der Waals surface area contributed by atoms with Gasteiger partial charge in [0.2, 0.25) is 0 Å². The first-order valence-corrected chi connectivity index (χ1v) is 8.68. The van der Waals surface area contributed by atoms with Crippen LogP contribution in [0.1, 0.15) is 0 Å². The normalized spacial score (nSPS) is 15.0. The molecule has 8 heteroatoms. The van der Waals surface area contributed by atoms with E-state index in [1.807, 2.05) is 24.3 Å². The molecule has 0 aliphatic carbocycles. The van der Waals surface area contributed by atoms with E-state index in [0.29, 0.717) is 17.7 Å². The molecule has 0 atom stereocenters. The Bertz CT molecular complexity index is 687. The van der Waals surface area contributed by atoms with Crippen molar-refractivity contribution in [3.8, 4) is 16.3 Å². The third kappa shape index (κ3) is 5.15. The van der Waals surface area contributed by atoms with Crippen LogP contribution in [0, 0.1) is 0 Å². The van der Waals surface area contributed by atoms with Gasteiger partial charge in [-0.05, 0) is 24.3 Å². The van der Waals surface area contributed by atoms with Gasteiger partial charge in [0.05, 0.1) is 19.5 Å². The molecule has 2 N–H and O–H groups in total. The van der Waals surface area contributed by atoms with Crippen molar-refractivity contribution in [1.29, 1.82) is 0 Å². The van der Waals surface area contributed by atoms with Gasteiger partial charge in [-0.1, -0.05) is 0 Å². The van der Waals surface area contributed by atoms with Crippen LogP contribution in [0.2, 0.25) is 0 Å². The predicted molar refractivity (Wildman–Crippen MR) is 102 cm³/mol. The molecule has 2 aromatic rings. The van der Waals surface area contributed by atoms with Crippen molar-refractivity contribution in [3.05, 3.63) is 41.5 Å². The van der Waals surface area contributed by atoms with Crippen molar-refractivity contribution in [2.75, 3.05) is 44.4 Å². The number of hydrogen-bond donors (Lipinski definition) is 1. The van der Waals surface area contributed by atoms with Gasteiger partial charge in [0.25, 0.3) is 0 Å². The average molecular weight is 386 g/mol. The van der Waals surface area contributed by atoms with E-state index in [0.717, 1.165) is 42.7 Å². The number of benzene rings is 1. The van der Waals surface area contributed by atoms with Crippen LogP contribution in [0.5, 0.6) is 5.75 Å². The van der Waals surface area contributed by atoms with Crippen molar-refractivity contribution in [3.63, 3.8) is 0 Å². The van der Waals surface area contributed by atoms with Crippen molar-refractivity contribution < 1.29 is 13.9 Å². The van der Waals surface area contributed by atoms with E-state index in [4.69, 9.17) is 20.2 Å². The zero-order chi connectivity index (χ0) is 16.8. The van der Waals surface area contributed by atoms with Crippen molar-refractivity contribution in [1.82, 2.24) is 4.98 Å². The number of nitrogens with two attached hydrogens (primary N) is 1. The van der Waals surface area contributed by atoms with Crippen LogP contribution in [0.25, 0.3) is 10.6 Å². The summed E-state index contributed by atoms with van der Waals surface area (Å²) in [5, 5.41) is 3.04. The van der Waals surface area contributed by atoms with Gasteiger partial charge in [-0.15, -0.1) is 23.7 Å². The summed E-state index contributed by atoms with van der Waals surface area (Å²) in [6.45, 7) is 3.56. The lowest BCUT2D eigenvalue weighted by Gasteiger charge is -2.26. The molecule has 0 saturated carbocycles. The number of aromatic nitrogens is 1. The number of hydrogen-bond acceptors (Lipinski definition) is 6. The molecule has 1 aromatic carbocycles. The second-order valence-corrected chi connectivity index (χ2v) is 6.25. The maximum Gasteiger partial charge on any atom is 0.140 e. The van der Waals surface area contributed by atoms with E-state index in [2.05, 4.69) is 10.3 Å². The largest absolute Gasteiger partial charge is 0.489 e. The zero-order valence-corrected chi connectivity index (χ0v) is 15.3. The Hall–Kier alpha value is -1.67. The monoisotopic (exact) mass is 385 g/mol. The van der Waals surface area contributed by atoms with Gasteiger partial charge in [-0.3, -0.25) is 0 Å². The van der Waals surface area contributed by atoms with Crippen LogP contribution in [0.3, 0.4) is 0 Å². The Morgan fingerprint density at radius 1 is 1.32 bits per heavy atom. The molecule has 1 aliphatic heterocycles. The Morgan fingerprint density at radius 3 is 2.68 bits per heavy atom. The van der Waals surface area contributed by atoms with Crippen LogP contribution >= 0.6 is 23.7 Å². The highest BCUT2D eigenvalue weighted by Crippen LogP contribution is 2.29. The quantitative estimate of drug-likeness (QED) is 0.827. The first kappa shape index (κ1) is 19.7. The molecular weight excluding hydrogens is 365 g/mol. The van der Waals surface area contributed by atoms with Gasteiger partial charge in [0.1, 0.15) is 23.2 Å². The molecule has 5 nitrogen and oxygen atoms in total. The summed E-state index contributed by atoms with van der Waals surface area (Å²) in [6, 6.07) is 7.63. The van der Waals surface area contributed by atoms with Crippen LogP contribution < -0.4 is 15.4 Å². The van der Waals surface area contributed by atoms with E-state index in [1.54, 1.807) is 11.3 Å². The van der Waals surface area contributed by atoms with E-state index in [-0.39, 0.29) is 25.6 Å². The second kappa shape index (κ2) is 9.72. The summed E-state index contributed by atoms with van der Waals surface area (Å²) < 4.78 is 23.3. The lowest BCUT2D eigenvalue weighted by molar-refractivity contribution is 0.122. The molecule has 1 aromatic heterocycles. The number of halogens is 2. The molecule has 0 amide bonds. The van der Waals surface area contributed by atoms with E-state index >= 15 is 0 Å². The molecule has 1 saturated heterocycles. The lowest BCUT2D eigenvalue weighted by atomic mass is 10.2. The highest BCUT2D eigenvalue weighted by atomic mass is 35.5. The van der Waals surface area contributed by atoms with Crippen LogP contribution in [-0.2, 0) is 4.74 Å². The van der Waals surface area contributed by atoms with E-state index < -0.39 is 0 Å². The minimum Gasteiger partial charge on any atom is -0.489 e. The fourth-order valence-electron chi connectivity index (χ4n) is 2.34. The number of thiazole rings is 1. The summed E-state index contributed by atoms with van der Waals surface area (Å²) in [6.07, 6.45) is 0.497. The number of nitrogens with zero attached hydrogens (tertiary/aromatic N) is 2. The molecule has 2 heterocycles. The Kier molecular flexibility index (Phi) is 7.64. The molecule has 0 radical (unpaired) electrons. The standard InChI is InChI=1S/C17H20FN3O2S.ClH/c18-9-13(10-19)11-23-15-3-1-14(2-4-15)17-20-16(12-24-17)21-5-7-22-8-6-21;/h1-4,9,12H,5-8,10-11,19H2;1H/b13-9+;. The first-order chi connectivity index (χ1) is 11.8. The fraction of sp³-hybridized carbons (Fsp3) is 0.353. The summed E-state index contributed by atoms with van der Waals surface area (Å²) in [4.78, 5) is 6.94. The van der Waals surface area contributed by atoms with E-state index in [1.165, 1.54) is 0 Å². The van der Waals surface area contributed by atoms with Gasteiger partial charge in [0.15, 0.2) is 0 Å². The predicted octanol–water partition coefficient (Wildman–Crippen LogP) is 3.26. The third-order valence-corrected chi connectivity index (χ3v) is 4.65. The molecule has 0 spiro atoms. The van der Waals surface area contributed by atoms with Gasteiger partial charge < -0.3 is 20.1 Å². The smallest absolute Gasteiger partial charge is 0.140 e. The average Bonchev–Trinajstić information content (AvgIpc) is 3.14. The van der Waals surface area contributed by atoms with Crippen LogP contribution in [0.15, 0.2) is 41.5 Å². The van der Waals surface area contributed by atoms with E-state index in [9.17, 15) is 4.39 Å². The molecular formula is C17H21ClFN3O2S. The molecule has 136 valence electrons. The number of rotatable bonds is 6. The fourth-order valence-corrected chi connectivity index (χ4v) is 3.18. The Labute approximate surface area is 156 Å². The molecule has 0 unspecified atom stereocenters. The maximum absolute atomic E-state index is 12.5. The van der Waals surface area contributed by atoms with Crippen LogP contribution in [0.4, 0.5) is 10.2 Å². The zero-order valence-electron chi connectivity index (χ0n) is 13.7. The summed E-state index contributed by atoms with van der Waals surface area (Å²) >= 11 is 1.62. The number of morpholine rings is 1. The van der Waals surface area contributed by atoms with Crippen LogP contribution in [-0.4, -0.2) is 44.4 Å².